The molecule has 0 unspecified atom stereocenters. The summed E-state index contributed by atoms with van der Waals surface area (Å²) in [5.41, 5.74) is 1.08. The summed E-state index contributed by atoms with van der Waals surface area (Å²) in [7, 11) is 1.78. The first kappa shape index (κ1) is 15.5. The highest BCUT2D eigenvalue weighted by Gasteiger charge is 2.12. The molecule has 0 N–H and O–H groups in total. The molecule has 1 radical (unpaired) electrons. The summed E-state index contributed by atoms with van der Waals surface area (Å²) in [6.45, 7) is 2.30. The lowest BCUT2D eigenvalue weighted by Gasteiger charge is -2.20. The van der Waals surface area contributed by atoms with Crippen LogP contribution in [0.5, 0.6) is 0 Å². The molecule has 0 aromatic heterocycles. The smallest absolute Gasteiger partial charge is 0.0170 e. The molecule has 0 aromatic carbocycles. The number of rotatable bonds is 10. The van der Waals surface area contributed by atoms with Crippen molar-refractivity contribution >= 4 is 8.58 Å². The molecule has 0 nitrogen and oxygen atoms in total. The molecular formula is C16H32P. The lowest BCUT2D eigenvalue weighted by atomic mass is 10.0. The average Bonchev–Trinajstić information content (AvgIpc) is 2.38. The molecule has 0 spiro atoms. The van der Waals surface area contributed by atoms with Crippen molar-refractivity contribution in [1.82, 2.24) is 0 Å². The molecule has 0 aliphatic heterocycles. The molecule has 1 heteroatoms. The third kappa shape index (κ3) is 9.06. The van der Waals surface area contributed by atoms with E-state index in [1.165, 1.54) is 89.6 Å². The van der Waals surface area contributed by atoms with Gasteiger partial charge in [-0.25, -0.2) is 0 Å². The van der Waals surface area contributed by atoms with Gasteiger partial charge in [-0.15, -0.1) is 0 Å². The van der Waals surface area contributed by atoms with Crippen LogP contribution in [0.15, 0.2) is 0 Å². The molecule has 0 heterocycles. The lowest BCUT2D eigenvalue weighted by Crippen LogP contribution is -2.06. The molecular weight excluding hydrogens is 223 g/mol. The summed E-state index contributed by atoms with van der Waals surface area (Å²) in [5, 5.41) is 0. The van der Waals surface area contributed by atoms with Gasteiger partial charge in [-0.2, -0.15) is 0 Å². The van der Waals surface area contributed by atoms with Gasteiger partial charge in [0.15, 0.2) is 0 Å². The van der Waals surface area contributed by atoms with Crippen molar-refractivity contribution in [2.75, 3.05) is 6.16 Å². The van der Waals surface area contributed by atoms with Gasteiger partial charge in [0, 0.05) is 0 Å². The Morgan fingerprint density at radius 3 is 2.00 bits per heavy atom. The molecule has 0 bridgehead atoms. The van der Waals surface area contributed by atoms with E-state index < -0.39 is 0 Å². The Labute approximate surface area is 111 Å². The standard InChI is InChI=1S/C16H32P/c1-2-3-4-5-6-7-8-12-15-17-16-13-10-9-11-14-16/h16H,2-15H2,1H3. The van der Waals surface area contributed by atoms with Gasteiger partial charge in [-0.3, -0.25) is 0 Å². The lowest BCUT2D eigenvalue weighted by molar-refractivity contribution is 0.512. The molecule has 1 aliphatic carbocycles. The molecule has 1 aliphatic rings. The molecule has 1 saturated carbocycles. The molecule has 101 valence electrons. The Kier molecular flexibility index (Phi) is 10.5. The third-order valence-electron chi connectivity index (χ3n) is 3.97. The fourth-order valence-electron chi connectivity index (χ4n) is 2.78. The van der Waals surface area contributed by atoms with Crippen LogP contribution >= 0.6 is 8.58 Å². The highest BCUT2D eigenvalue weighted by atomic mass is 31.1. The van der Waals surface area contributed by atoms with Crippen molar-refractivity contribution in [3.05, 3.63) is 0 Å². The number of hydrogen-bond acceptors (Lipinski definition) is 0. The maximum absolute atomic E-state index is 2.30. The van der Waals surface area contributed by atoms with E-state index in [2.05, 4.69) is 6.92 Å². The van der Waals surface area contributed by atoms with Crippen LogP contribution < -0.4 is 0 Å². The van der Waals surface area contributed by atoms with Crippen LogP contribution in [0.25, 0.3) is 0 Å². The Morgan fingerprint density at radius 2 is 1.35 bits per heavy atom. The summed E-state index contributed by atoms with van der Waals surface area (Å²) in [5.74, 6) is 0. The van der Waals surface area contributed by atoms with Crippen LogP contribution in [0.4, 0.5) is 0 Å². The van der Waals surface area contributed by atoms with Crippen molar-refractivity contribution in [3.63, 3.8) is 0 Å². The second-order valence-electron chi connectivity index (χ2n) is 5.67. The van der Waals surface area contributed by atoms with Gasteiger partial charge in [-0.05, 0) is 31.1 Å². The normalized spacial score (nSPS) is 18.2. The first-order valence-electron chi connectivity index (χ1n) is 8.10. The second-order valence-corrected chi connectivity index (χ2v) is 7.22. The molecule has 0 saturated heterocycles. The molecule has 0 atom stereocenters. The summed E-state index contributed by atoms with van der Waals surface area (Å²) < 4.78 is 0. The Bertz CT molecular complexity index is 150. The molecule has 0 amide bonds. The van der Waals surface area contributed by atoms with Crippen LogP contribution in [-0.4, -0.2) is 11.8 Å². The zero-order chi connectivity index (χ0) is 12.2. The minimum absolute atomic E-state index is 1.08. The zero-order valence-electron chi connectivity index (χ0n) is 11.9. The van der Waals surface area contributed by atoms with E-state index >= 15 is 0 Å². The van der Waals surface area contributed by atoms with Crippen LogP contribution in [0.3, 0.4) is 0 Å². The third-order valence-corrected chi connectivity index (χ3v) is 5.58. The number of unbranched alkanes of at least 4 members (excludes halogenated alkanes) is 7. The van der Waals surface area contributed by atoms with E-state index in [1.807, 2.05) is 0 Å². The maximum atomic E-state index is 2.30. The van der Waals surface area contributed by atoms with Gasteiger partial charge in [0.05, 0.1) is 0 Å². The number of hydrogen-bond donors (Lipinski definition) is 0. The van der Waals surface area contributed by atoms with Gasteiger partial charge < -0.3 is 0 Å². The van der Waals surface area contributed by atoms with Crippen LogP contribution in [0.2, 0.25) is 0 Å². The predicted molar refractivity (Wildman–Crippen MR) is 81.3 cm³/mol. The van der Waals surface area contributed by atoms with Crippen LogP contribution in [-0.2, 0) is 0 Å². The van der Waals surface area contributed by atoms with Crippen molar-refractivity contribution in [1.29, 1.82) is 0 Å². The zero-order valence-corrected chi connectivity index (χ0v) is 12.8. The van der Waals surface area contributed by atoms with E-state index in [0.717, 1.165) is 5.66 Å². The predicted octanol–water partition coefficient (Wildman–Crippen LogP) is 6.41. The SMILES string of the molecule is CCCCCCCCCC[P]C1CCCCC1. The van der Waals surface area contributed by atoms with Gasteiger partial charge in [0.2, 0.25) is 0 Å². The fraction of sp³-hybridized carbons (Fsp3) is 1.00. The molecule has 0 aromatic rings. The molecule has 17 heavy (non-hydrogen) atoms. The van der Waals surface area contributed by atoms with Gasteiger partial charge in [0.1, 0.15) is 0 Å². The highest BCUT2D eigenvalue weighted by Crippen LogP contribution is 2.33. The quantitative estimate of drug-likeness (QED) is 0.313. The second kappa shape index (κ2) is 11.5. The largest absolute Gasteiger partial charge is 0.0775 e. The highest BCUT2D eigenvalue weighted by molar-refractivity contribution is 7.38. The Morgan fingerprint density at radius 1 is 0.765 bits per heavy atom. The van der Waals surface area contributed by atoms with E-state index in [1.54, 1.807) is 8.58 Å². The Balaban J connectivity index is 1.75. The summed E-state index contributed by atoms with van der Waals surface area (Å²) in [6, 6.07) is 0. The first-order chi connectivity index (χ1) is 8.43. The van der Waals surface area contributed by atoms with Gasteiger partial charge in [-0.1, -0.05) is 79.7 Å². The Hall–Kier alpha value is 0.430. The van der Waals surface area contributed by atoms with Crippen molar-refractivity contribution in [2.45, 2.75) is 96.1 Å². The molecule has 1 rings (SSSR count). The van der Waals surface area contributed by atoms with Crippen molar-refractivity contribution < 1.29 is 0 Å². The van der Waals surface area contributed by atoms with E-state index in [0.29, 0.717) is 0 Å². The van der Waals surface area contributed by atoms with E-state index in [-0.39, 0.29) is 0 Å². The van der Waals surface area contributed by atoms with Crippen LogP contribution in [0.1, 0.15) is 90.4 Å². The monoisotopic (exact) mass is 255 g/mol. The van der Waals surface area contributed by atoms with Crippen LogP contribution in [0, 0.1) is 0 Å². The molecule has 1 fully saturated rings. The first-order valence-corrected chi connectivity index (χ1v) is 9.25. The maximum Gasteiger partial charge on any atom is -0.0170 e. The summed E-state index contributed by atoms with van der Waals surface area (Å²) in [6.07, 6.45) is 20.8. The fourth-order valence-corrected chi connectivity index (χ4v) is 4.28. The topological polar surface area (TPSA) is 0 Å². The van der Waals surface area contributed by atoms with E-state index in [9.17, 15) is 0 Å². The van der Waals surface area contributed by atoms with Gasteiger partial charge >= 0.3 is 0 Å². The minimum atomic E-state index is 1.08. The van der Waals surface area contributed by atoms with Crippen molar-refractivity contribution in [2.24, 2.45) is 0 Å². The summed E-state index contributed by atoms with van der Waals surface area (Å²) in [4.78, 5) is 0. The minimum Gasteiger partial charge on any atom is -0.0775 e. The van der Waals surface area contributed by atoms with E-state index in [4.69, 9.17) is 0 Å². The van der Waals surface area contributed by atoms with Gasteiger partial charge in [0.25, 0.3) is 0 Å². The average molecular weight is 255 g/mol. The van der Waals surface area contributed by atoms with Crippen molar-refractivity contribution in [3.8, 4) is 0 Å². The summed E-state index contributed by atoms with van der Waals surface area (Å²) >= 11 is 0.